The van der Waals surface area contributed by atoms with Crippen LogP contribution in [-0.2, 0) is 4.74 Å². The van der Waals surface area contributed by atoms with Gasteiger partial charge in [-0.05, 0) is 25.3 Å². The number of ether oxygens (including phenoxy) is 2. The monoisotopic (exact) mass is 266 g/mol. The fourth-order valence-corrected chi connectivity index (χ4v) is 2.41. The van der Waals surface area contributed by atoms with Crippen molar-refractivity contribution in [1.29, 1.82) is 5.26 Å². The summed E-state index contributed by atoms with van der Waals surface area (Å²) in [5.74, 6) is 0.521. The summed E-state index contributed by atoms with van der Waals surface area (Å²) < 4.78 is 11.2. The summed E-state index contributed by atoms with van der Waals surface area (Å²) in [6.07, 6.45) is 3.11. The molecule has 0 aromatic heterocycles. The topological polar surface area (TPSA) is 68.3 Å². The molecule has 1 aromatic carbocycles. The Labute approximate surface area is 111 Å². The first-order valence-corrected chi connectivity index (χ1v) is 6.22. The first-order chi connectivity index (χ1) is 8.65. The molecular formula is C13H15ClN2O2. The van der Waals surface area contributed by atoms with E-state index in [0.717, 1.165) is 19.3 Å². The molecule has 1 aliphatic rings. The number of nitriles is 1. The van der Waals surface area contributed by atoms with Crippen LogP contribution >= 0.6 is 11.6 Å². The van der Waals surface area contributed by atoms with Gasteiger partial charge in [0.05, 0.1) is 22.4 Å². The lowest BCUT2D eigenvalue weighted by molar-refractivity contribution is 0.0232. The molecule has 96 valence electrons. The van der Waals surface area contributed by atoms with Gasteiger partial charge in [0.2, 0.25) is 0 Å². The van der Waals surface area contributed by atoms with Crippen LogP contribution in [0.2, 0.25) is 5.02 Å². The van der Waals surface area contributed by atoms with Gasteiger partial charge in [-0.2, -0.15) is 5.26 Å². The van der Waals surface area contributed by atoms with Crippen LogP contribution in [-0.4, -0.2) is 19.3 Å². The Balaban J connectivity index is 2.19. The van der Waals surface area contributed by atoms with Crippen LogP contribution in [0.4, 0.5) is 5.69 Å². The number of nitrogen functional groups attached to an aromatic ring is 1. The minimum atomic E-state index is 0.00121. The molecular weight excluding hydrogens is 252 g/mol. The van der Waals surface area contributed by atoms with E-state index in [4.69, 9.17) is 32.1 Å². The van der Waals surface area contributed by atoms with Crippen LogP contribution in [0.1, 0.15) is 24.8 Å². The minimum absolute atomic E-state index is 0.00121. The Bertz CT molecular complexity index is 485. The summed E-state index contributed by atoms with van der Waals surface area (Å²) in [7, 11) is 1.68. The smallest absolute Gasteiger partial charge is 0.144 e. The number of halogens is 1. The molecule has 1 saturated carbocycles. The molecule has 1 aromatic rings. The lowest BCUT2D eigenvalue weighted by Gasteiger charge is -2.21. The third-order valence-electron chi connectivity index (χ3n) is 3.19. The molecule has 0 aliphatic heterocycles. The molecule has 1 fully saturated rings. The van der Waals surface area contributed by atoms with Crippen molar-refractivity contribution >= 4 is 17.3 Å². The fraction of sp³-hybridized carbons (Fsp3) is 0.462. The van der Waals surface area contributed by atoms with Crippen molar-refractivity contribution in [3.05, 3.63) is 22.7 Å². The van der Waals surface area contributed by atoms with Gasteiger partial charge in [-0.1, -0.05) is 11.6 Å². The van der Waals surface area contributed by atoms with Gasteiger partial charge in [0.15, 0.2) is 0 Å². The number of methoxy groups -OCH3 is 1. The van der Waals surface area contributed by atoms with Crippen molar-refractivity contribution in [2.24, 2.45) is 0 Å². The van der Waals surface area contributed by atoms with Gasteiger partial charge in [0.1, 0.15) is 17.9 Å². The molecule has 2 rings (SSSR count). The van der Waals surface area contributed by atoms with E-state index in [1.807, 2.05) is 6.07 Å². The first kappa shape index (κ1) is 13.0. The predicted octanol–water partition coefficient (Wildman–Crippen LogP) is 2.74. The van der Waals surface area contributed by atoms with Gasteiger partial charge in [-0.15, -0.1) is 0 Å². The summed E-state index contributed by atoms with van der Waals surface area (Å²) in [4.78, 5) is 0. The maximum atomic E-state index is 8.85. The van der Waals surface area contributed by atoms with Gasteiger partial charge in [-0.25, -0.2) is 0 Å². The Morgan fingerprint density at radius 2 is 2.11 bits per heavy atom. The number of hydrogen-bond acceptors (Lipinski definition) is 4. The summed E-state index contributed by atoms with van der Waals surface area (Å²) in [5, 5.41) is 9.20. The molecule has 0 saturated heterocycles. The zero-order valence-corrected chi connectivity index (χ0v) is 10.9. The van der Waals surface area contributed by atoms with Gasteiger partial charge in [-0.3, -0.25) is 0 Å². The van der Waals surface area contributed by atoms with Crippen molar-refractivity contribution < 1.29 is 9.47 Å². The molecule has 5 heteroatoms. The highest BCUT2D eigenvalue weighted by Crippen LogP contribution is 2.33. The molecule has 0 amide bonds. The molecule has 0 spiro atoms. The van der Waals surface area contributed by atoms with E-state index in [1.165, 1.54) is 6.07 Å². The van der Waals surface area contributed by atoms with Gasteiger partial charge in [0, 0.05) is 13.2 Å². The number of anilines is 1. The average Bonchev–Trinajstić information content (AvgIpc) is 2.80. The Morgan fingerprint density at radius 3 is 2.78 bits per heavy atom. The summed E-state index contributed by atoms with van der Waals surface area (Å²) >= 11 is 5.97. The van der Waals surface area contributed by atoms with Crippen LogP contribution in [0, 0.1) is 11.3 Å². The predicted molar refractivity (Wildman–Crippen MR) is 69.6 cm³/mol. The van der Waals surface area contributed by atoms with Crippen molar-refractivity contribution in [2.45, 2.75) is 31.5 Å². The zero-order valence-electron chi connectivity index (χ0n) is 10.1. The van der Waals surface area contributed by atoms with Crippen LogP contribution in [0.3, 0.4) is 0 Å². The maximum absolute atomic E-state index is 8.85. The van der Waals surface area contributed by atoms with E-state index in [-0.39, 0.29) is 12.2 Å². The lowest BCUT2D eigenvalue weighted by Crippen LogP contribution is -2.27. The highest BCUT2D eigenvalue weighted by molar-refractivity contribution is 6.32. The van der Waals surface area contributed by atoms with Crippen molar-refractivity contribution in [1.82, 2.24) is 0 Å². The fourth-order valence-electron chi connectivity index (χ4n) is 2.22. The standard InChI is InChI=1S/C13H15ClN2O2/c1-17-11-3-2-4-12(11)18-13-6-9(14)8(7-15)5-10(13)16/h5-6,11-12H,2-4,16H2,1H3. The summed E-state index contributed by atoms with van der Waals surface area (Å²) in [6.45, 7) is 0. The second-order valence-corrected chi connectivity index (χ2v) is 4.75. The Morgan fingerprint density at radius 1 is 1.39 bits per heavy atom. The highest BCUT2D eigenvalue weighted by atomic mass is 35.5. The third-order valence-corrected chi connectivity index (χ3v) is 3.51. The van der Waals surface area contributed by atoms with E-state index >= 15 is 0 Å². The molecule has 4 nitrogen and oxygen atoms in total. The molecule has 1 aliphatic carbocycles. The Kier molecular flexibility index (Phi) is 3.95. The highest BCUT2D eigenvalue weighted by Gasteiger charge is 2.29. The maximum Gasteiger partial charge on any atom is 0.144 e. The number of nitrogens with two attached hydrogens (primary N) is 1. The quantitative estimate of drug-likeness (QED) is 0.854. The van der Waals surface area contributed by atoms with E-state index in [9.17, 15) is 0 Å². The van der Waals surface area contributed by atoms with Crippen LogP contribution < -0.4 is 10.5 Å². The van der Waals surface area contributed by atoms with E-state index in [1.54, 1.807) is 13.2 Å². The average molecular weight is 267 g/mol. The van der Waals surface area contributed by atoms with Gasteiger partial charge < -0.3 is 15.2 Å². The second kappa shape index (κ2) is 5.47. The van der Waals surface area contributed by atoms with Crippen LogP contribution in [0.5, 0.6) is 5.75 Å². The zero-order chi connectivity index (χ0) is 13.1. The number of hydrogen-bond donors (Lipinski definition) is 1. The largest absolute Gasteiger partial charge is 0.486 e. The molecule has 0 heterocycles. The minimum Gasteiger partial charge on any atom is -0.486 e. The van der Waals surface area contributed by atoms with Crippen LogP contribution in [0.15, 0.2) is 12.1 Å². The number of benzene rings is 1. The lowest BCUT2D eigenvalue weighted by atomic mass is 10.2. The number of nitrogens with zero attached hydrogens (tertiary/aromatic N) is 1. The Hall–Kier alpha value is -1.44. The van der Waals surface area contributed by atoms with E-state index in [2.05, 4.69) is 0 Å². The third kappa shape index (κ3) is 2.53. The molecule has 2 atom stereocenters. The van der Waals surface area contributed by atoms with E-state index in [0.29, 0.717) is 22.0 Å². The second-order valence-electron chi connectivity index (χ2n) is 4.34. The molecule has 0 bridgehead atoms. The van der Waals surface area contributed by atoms with Crippen molar-refractivity contribution in [2.75, 3.05) is 12.8 Å². The van der Waals surface area contributed by atoms with Gasteiger partial charge in [0.25, 0.3) is 0 Å². The van der Waals surface area contributed by atoms with Crippen LogP contribution in [0.25, 0.3) is 0 Å². The van der Waals surface area contributed by atoms with E-state index < -0.39 is 0 Å². The summed E-state index contributed by atoms with van der Waals surface area (Å²) in [5.41, 5.74) is 6.64. The van der Waals surface area contributed by atoms with Crippen molar-refractivity contribution in [3.63, 3.8) is 0 Å². The van der Waals surface area contributed by atoms with Gasteiger partial charge >= 0.3 is 0 Å². The van der Waals surface area contributed by atoms with Crippen molar-refractivity contribution in [3.8, 4) is 11.8 Å². The normalized spacial score (nSPS) is 22.7. The summed E-state index contributed by atoms with van der Waals surface area (Å²) in [6, 6.07) is 5.12. The molecule has 2 unspecified atom stereocenters. The number of rotatable bonds is 3. The molecule has 0 radical (unpaired) electrons. The first-order valence-electron chi connectivity index (χ1n) is 5.84. The SMILES string of the molecule is COC1CCCC1Oc1cc(Cl)c(C#N)cc1N. The molecule has 18 heavy (non-hydrogen) atoms. The molecule has 2 N–H and O–H groups in total.